The highest BCUT2D eigenvalue weighted by molar-refractivity contribution is 7.71. The van der Waals surface area contributed by atoms with Crippen molar-refractivity contribution >= 4 is 34.7 Å². The fourth-order valence-electron chi connectivity index (χ4n) is 2.12. The van der Waals surface area contributed by atoms with Crippen LogP contribution in [0.25, 0.3) is 22.3 Å². The second kappa shape index (κ2) is 4.76. The molecule has 2 aromatic carbocycles. The molecule has 0 radical (unpaired) electrons. The largest absolute Gasteiger partial charge is 0.339 e. The van der Waals surface area contributed by atoms with Crippen LogP contribution < -0.4 is 0 Å². The van der Waals surface area contributed by atoms with Crippen LogP contribution in [-0.4, -0.2) is 9.97 Å². The van der Waals surface area contributed by atoms with Gasteiger partial charge < -0.3 is 4.98 Å². The van der Waals surface area contributed by atoms with E-state index in [0.29, 0.717) is 9.66 Å². The maximum atomic E-state index is 6.17. The molecule has 1 heterocycles. The summed E-state index contributed by atoms with van der Waals surface area (Å²) in [6, 6.07) is 13.8. The van der Waals surface area contributed by atoms with Gasteiger partial charge in [0.15, 0.2) is 0 Å². The second-order valence-corrected chi connectivity index (χ2v) is 5.16. The van der Waals surface area contributed by atoms with Gasteiger partial charge in [-0.2, -0.15) is 0 Å². The molecule has 2 nitrogen and oxygen atoms in total. The van der Waals surface area contributed by atoms with Crippen LogP contribution in [0.2, 0.25) is 5.02 Å². The molecule has 0 bridgehead atoms. The average molecular weight is 287 g/mol. The van der Waals surface area contributed by atoms with Crippen LogP contribution in [-0.2, 0) is 0 Å². The van der Waals surface area contributed by atoms with Crippen molar-refractivity contribution < 1.29 is 0 Å². The lowest BCUT2D eigenvalue weighted by atomic mass is 10.1. The molecule has 0 aliphatic rings. The van der Waals surface area contributed by atoms with Crippen molar-refractivity contribution in [1.82, 2.24) is 9.97 Å². The van der Waals surface area contributed by atoms with E-state index in [-0.39, 0.29) is 0 Å². The van der Waals surface area contributed by atoms with Crippen LogP contribution in [0.4, 0.5) is 0 Å². The van der Waals surface area contributed by atoms with E-state index < -0.39 is 0 Å². The zero-order valence-corrected chi connectivity index (χ0v) is 11.8. The van der Waals surface area contributed by atoms with E-state index in [1.54, 1.807) is 0 Å². The van der Waals surface area contributed by atoms with Gasteiger partial charge in [0.05, 0.1) is 15.9 Å². The van der Waals surface area contributed by atoms with Crippen molar-refractivity contribution in [2.24, 2.45) is 0 Å². The molecular formula is C15H11ClN2S. The third-order valence-electron chi connectivity index (χ3n) is 3.09. The number of benzene rings is 2. The highest BCUT2D eigenvalue weighted by atomic mass is 35.5. The van der Waals surface area contributed by atoms with Crippen LogP contribution in [0.15, 0.2) is 42.5 Å². The summed E-state index contributed by atoms with van der Waals surface area (Å²) in [4.78, 5) is 7.77. The fourth-order valence-corrected chi connectivity index (χ4v) is 2.76. The molecule has 0 unspecified atom stereocenters. The number of rotatable bonds is 1. The van der Waals surface area contributed by atoms with Gasteiger partial charge in [0.25, 0.3) is 0 Å². The average Bonchev–Trinajstić information content (AvgIpc) is 2.39. The number of aromatic nitrogens is 2. The Labute approximate surface area is 121 Å². The van der Waals surface area contributed by atoms with E-state index in [0.717, 1.165) is 27.9 Å². The second-order valence-electron chi connectivity index (χ2n) is 4.37. The molecule has 1 aromatic heterocycles. The first-order valence-corrected chi connectivity index (χ1v) is 6.70. The predicted molar refractivity (Wildman–Crippen MR) is 82.1 cm³/mol. The SMILES string of the molecule is Cc1ccccc1-c1nc(=S)c2c(Cl)cccc2[nH]1. The Morgan fingerprint density at radius 3 is 2.68 bits per heavy atom. The Kier molecular flexibility index (Phi) is 3.09. The summed E-state index contributed by atoms with van der Waals surface area (Å²) in [5, 5.41) is 1.43. The molecule has 0 fully saturated rings. The standard InChI is InChI=1S/C15H11ClN2S/c1-9-5-2-3-6-10(9)14-17-12-8-4-7-11(16)13(12)15(19)18-14/h2-8H,1H3,(H,17,18,19). The molecular weight excluding hydrogens is 276 g/mol. The van der Waals surface area contributed by atoms with Gasteiger partial charge in [0.2, 0.25) is 0 Å². The molecule has 0 amide bonds. The minimum Gasteiger partial charge on any atom is -0.339 e. The lowest BCUT2D eigenvalue weighted by Gasteiger charge is -2.07. The molecule has 0 spiro atoms. The van der Waals surface area contributed by atoms with Crippen LogP contribution >= 0.6 is 23.8 Å². The van der Waals surface area contributed by atoms with Crippen molar-refractivity contribution in [3.05, 3.63) is 57.7 Å². The zero-order chi connectivity index (χ0) is 13.4. The molecule has 94 valence electrons. The lowest BCUT2D eigenvalue weighted by Crippen LogP contribution is -1.93. The summed E-state index contributed by atoms with van der Waals surface area (Å²) < 4.78 is 0.526. The number of nitrogens with one attached hydrogen (secondary N) is 1. The molecule has 0 aliphatic heterocycles. The maximum Gasteiger partial charge on any atom is 0.139 e. The van der Waals surface area contributed by atoms with E-state index in [4.69, 9.17) is 23.8 Å². The Hall–Kier alpha value is -1.71. The van der Waals surface area contributed by atoms with Crippen molar-refractivity contribution in [3.63, 3.8) is 0 Å². The highest BCUT2D eigenvalue weighted by Gasteiger charge is 2.07. The topological polar surface area (TPSA) is 28.7 Å². The number of fused-ring (bicyclic) bond motifs is 1. The van der Waals surface area contributed by atoms with E-state index in [9.17, 15) is 0 Å². The molecule has 0 atom stereocenters. The summed E-state index contributed by atoms with van der Waals surface area (Å²) in [5.74, 6) is 0.776. The molecule has 4 heteroatoms. The van der Waals surface area contributed by atoms with E-state index >= 15 is 0 Å². The first kappa shape index (κ1) is 12.3. The van der Waals surface area contributed by atoms with Gasteiger partial charge in [0.1, 0.15) is 10.5 Å². The Balaban J connectivity index is 2.34. The van der Waals surface area contributed by atoms with Crippen LogP contribution in [0.3, 0.4) is 0 Å². The number of hydrogen-bond acceptors (Lipinski definition) is 2. The summed E-state index contributed by atoms with van der Waals surface area (Å²) in [6.45, 7) is 2.05. The van der Waals surface area contributed by atoms with Crippen LogP contribution in [0, 0.1) is 11.6 Å². The Morgan fingerprint density at radius 1 is 1.11 bits per heavy atom. The molecule has 3 aromatic rings. The predicted octanol–water partition coefficient (Wildman–Crippen LogP) is 4.92. The van der Waals surface area contributed by atoms with Crippen LogP contribution in [0.5, 0.6) is 0 Å². The van der Waals surface area contributed by atoms with Gasteiger partial charge in [-0.3, -0.25) is 0 Å². The van der Waals surface area contributed by atoms with Crippen LogP contribution in [0.1, 0.15) is 5.56 Å². The van der Waals surface area contributed by atoms with Gasteiger partial charge in [0, 0.05) is 5.56 Å². The van der Waals surface area contributed by atoms with Crippen molar-refractivity contribution in [2.75, 3.05) is 0 Å². The number of hydrogen-bond donors (Lipinski definition) is 1. The maximum absolute atomic E-state index is 6.17. The van der Waals surface area contributed by atoms with E-state index in [1.165, 1.54) is 0 Å². The van der Waals surface area contributed by atoms with Crippen molar-refractivity contribution in [1.29, 1.82) is 0 Å². The Bertz CT molecular complexity index is 824. The minimum absolute atomic E-state index is 0.526. The first-order chi connectivity index (χ1) is 9.16. The first-order valence-electron chi connectivity index (χ1n) is 5.91. The smallest absolute Gasteiger partial charge is 0.139 e. The normalized spacial score (nSPS) is 10.8. The fraction of sp³-hybridized carbons (Fsp3) is 0.0667. The summed E-state index contributed by atoms with van der Waals surface area (Å²) >= 11 is 11.5. The molecule has 1 N–H and O–H groups in total. The number of H-pyrrole nitrogens is 1. The molecule has 0 aliphatic carbocycles. The van der Waals surface area contributed by atoms with E-state index in [2.05, 4.69) is 23.0 Å². The van der Waals surface area contributed by atoms with Crippen molar-refractivity contribution in [2.45, 2.75) is 6.92 Å². The highest BCUT2D eigenvalue weighted by Crippen LogP contribution is 2.26. The number of aromatic amines is 1. The molecule has 0 saturated carbocycles. The minimum atomic E-state index is 0.526. The molecule has 19 heavy (non-hydrogen) atoms. The third kappa shape index (κ3) is 2.15. The summed E-state index contributed by atoms with van der Waals surface area (Å²) in [7, 11) is 0. The number of nitrogens with zero attached hydrogens (tertiary/aromatic N) is 1. The molecule has 3 rings (SSSR count). The number of halogens is 1. The zero-order valence-electron chi connectivity index (χ0n) is 10.3. The van der Waals surface area contributed by atoms with E-state index in [1.807, 2.05) is 36.4 Å². The lowest BCUT2D eigenvalue weighted by molar-refractivity contribution is 1.20. The van der Waals surface area contributed by atoms with Gasteiger partial charge in [-0.25, -0.2) is 4.98 Å². The van der Waals surface area contributed by atoms with Gasteiger partial charge in [-0.15, -0.1) is 0 Å². The monoisotopic (exact) mass is 286 g/mol. The van der Waals surface area contributed by atoms with Gasteiger partial charge >= 0.3 is 0 Å². The van der Waals surface area contributed by atoms with Gasteiger partial charge in [-0.05, 0) is 24.6 Å². The summed E-state index contributed by atoms with van der Waals surface area (Å²) in [6.07, 6.45) is 0. The quantitative estimate of drug-likeness (QED) is 0.643. The number of aryl methyl sites for hydroxylation is 1. The molecule has 0 saturated heterocycles. The summed E-state index contributed by atoms with van der Waals surface area (Å²) in [5.41, 5.74) is 3.11. The van der Waals surface area contributed by atoms with Gasteiger partial charge in [-0.1, -0.05) is 54.2 Å². The Morgan fingerprint density at radius 2 is 1.89 bits per heavy atom. The third-order valence-corrected chi connectivity index (χ3v) is 3.70. The van der Waals surface area contributed by atoms with Crippen molar-refractivity contribution in [3.8, 4) is 11.4 Å².